The van der Waals surface area contributed by atoms with Gasteiger partial charge < -0.3 is 19.5 Å². The molecule has 0 heterocycles. The van der Waals surface area contributed by atoms with E-state index in [0.29, 0.717) is 6.61 Å². The number of nitrogens with one attached hydrogen (secondary N) is 1. The maximum absolute atomic E-state index is 5.47. The molecule has 0 aliphatic rings. The largest absolute Gasteiger partial charge is 0.497 e. The lowest BCUT2D eigenvalue weighted by Gasteiger charge is -2.18. The molecule has 1 aromatic rings. The van der Waals surface area contributed by atoms with Crippen molar-refractivity contribution in [1.29, 1.82) is 0 Å². The molecule has 0 radical (unpaired) electrons. The molecule has 1 rings (SSSR count). The van der Waals surface area contributed by atoms with Gasteiger partial charge >= 0.3 is 0 Å². The van der Waals surface area contributed by atoms with Crippen LogP contribution < -0.4 is 14.8 Å². The van der Waals surface area contributed by atoms with Crippen molar-refractivity contribution in [1.82, 2.24) is 5.32 Å². The molecule has 20 heavy (non-hydrogen) atoms. The summed E-state index contributed by atoms with van der Waals surface area (Å²) in [6, 6.07) is 6.05. The number of hydrogen-bond donors (Lipinski definition) is 1. The summed E-state index contributed by atoms with van der Waals surface area (Å²) in [6.45, 7) is 7.98. The van der Waals surface area contributed by atoms with Crippen LogP contribution in [-0.4, -0.2) is 34.0 Å². The van der Waals surface area contributed by atoms with Crippen LogP contribution >= 0.6 is 0 Å². The lowest BCUT2D eigenvalue weighted by atomic mass is 10.1. The Morgan fingerprint density at radius 1 is 1.25 bits per heavy atom. The van der Waals surface area contributed by atoms with E-state index in [0.717, 1.165) is 36.6 Å². The maximum Gasteiger partial charge on any atom is 0.127 e. The highest BCUT2D eigenvalue weighted by Crippen LogP contribution is 2.29. The molecular weight excluding hydrogens is 254 g/mol. The molecule has 0 aromatic heterocycles. The van der Waals surface area contributed by atoms with Crippen molar-refractivity contribution in [2.75, 3.05) is 34.0 Å². The second-order valence-corrected chi connectivity index (χ2v) is 4.47. The normalized spacial score (nSPS) is 11.9. The maximum atomic E-state index is 5.47. The fraction of sp³-hybridized carbons (Fsp3) is 0.500. The zero-order chi connectivity index (χ0) is 14.8. The summed E-state index contributed by atoms with van der Waals surface area (Å²) in [7, 11) is 3.32. The van der Waals surface area contributed by atoms with Gasteiger partial charge in [0.2, 0.25) is 0 Å². The Balaban J connectivity index is 2.46. The molecule has 1 unspecified atom stereocenters. The van der Waals surface area contributed by atoms with Crippen molar-refractivity contribution in [2.24, 2.45) is 0 Å². The van der Waals surface area contributed by atoms with Crippen LogP contribution in [0, 0.1) is 0 Å². The molecule has 0 bridgehead atoms. The van der Waals surface area contributed by atoms with Gasteiger partial charge in [-0.15, -0.1) is 6.58 Å². The lowest BCUT2D eigenvalue weighted by Crippen LogP contribution is -2.23. The van der Waals surface area contributed by atoms with E-state index in [-0.39, 0.29) is 6.04 Å². The molecule has 0 spiro atoms. The topological polar surface area (TPSA) is 39.7 Å². The number of hydrogen-bond acceptors (Lipinski definition) is 4. The summed E-state index contributed by atoms with van der Waals surface area (Å²) < 4.78 is 16.1. The highest BCUT2D eigenvalue weighted by atomic mass is 16.5. The van der Waals surface area contributed by atoms with Gasteiger partial charge in [0.05, 0.1) is 27.4 Å². The van der Waals surface area contributed by atoms with Crippen molar-refractivity contribution < 1.29 is 14.2 Å². The Labute approximate surface area is 121 Å². The van der Waals surface area contributed by atoms with Gasteiger partial charge in [0.25, 0.3) is 0 Å². The Morgan fingerprint density at radius 3 is 2.70 bits per heavy atom. The minimum absolute atomic E-state index is 0.193. The first-order valence-corrected chi connectivity index (χ1v) is 6.86. The van der Waals surface area contributed by atoms with Gasteiger partial charge in [0, 0.05) is 24.2 Å². The van der Waals surface area contributed by atoms with Crippen molar-refractivity contribution in [3.05, 3.63) is 36.4 Å². The first kappa shape index (κ1) is 16.5. The van der Waals surface area contributed by atoms with E-state index in [1.807, 2.05) is 24.3 Å². The van der Waals surface area contributed by atoms with Gasteiger partial charge in [0.15, 0.2) is 0 Å². The monoisotopic (exact) mass is 279 g/mol. The molecule has 4 nitrogen and oxygen atoms in total. The molecular formula is C16H25NO3. The fourth-order valence-electron chi connectivity index (χ4n) is 1.90. The summed E-state index contributed by atoms with van der Waals surface area (Å²) in [6.07, 6.45) is 2.75. The molecule has 0 saturated carbocycles. The molecule has 0 saturated heterocycles. The van der Waals surface area contributed by atoms with Gasteiger partial charge in [0.1, 0.15) is 11.5 Å². The van der Waals surface area contributed by atoms with Crippen LogP contribution in [0.2, 0.25) is 0 Å². The highest BCUT2D eigenvalue weighted by molar-refractivity contribution is 5.42. The third-order valence-electron chi connectivity index (χ3n) is 3.07. The van der Waals surface area contributed by atoms with E-state index in [2.05, 4.69) is 18.8 Å². The third kappa shape index (κ3) is 5.23. The van der Waals surface area contributed by atoms with E-state index in [4.69, 9.17) is 14.2 Å². The van der Waals surface area contributed by atoms with Crippen LogP contribution in [0.25, 0.3) is 0 Å². The van der Waals surface area contributed by atoms with E-state index >= 15 is 0 Å². The molecule has 0 aliphatic carbocycles. The highest BCUT2D eigenvalue weighted by Gasteiger charge is 2.11. The first-order valence-electron chi connectivity index (χ1n) is 6.86. The first-order chi connectivity index (χ1) is 9.72. The number of ether oxygens (including phenoxy) is 3. The zero-order valence-electron chi connectivity index (χ0n) is 12.6. The standard InChI is InChI=1S/C16H25NO3/c1-5-6-10-20-11-9-17-13(2)15-8-7-14(18-3)12-16(15)19-4/h5,7-8,12-13,17H,1,6,9-11H2,2-4H3. The van der Waals surface area contributed by atoms with Crippen LogP contribution in [0.15, 0.2) is 30.9 Å². The van der Waals surface area contributed by atoms with Crippen LogP contribution in [0.1, 0.15) is 24.9 Å². The second-order valence-electron chi connectivity index (χ2n) is 4.47. The quantitative estimate of drug-likeness (QED) is 0.528. The Hall–Kier alpha value is -1.52. The van der Waals surface area contributed by atoms with Crippen molar-refractivity contribution in [3.63, 3.8) is 0 Å². The summed E-state index contributed by atoms with van der Waals surface area (Å²) >= 11 is 0. The van der Waals surface area contributed by atoms with E-state index in [9.17, 15) is 0 Å². The smallest absolute Gasteiger partial charge is 0.127 e. The predicted octanol–water partition coefficient (Wildman–Crippen LogP) is 2.95. The molecule has 1 atom stereocenters. The van der Waals surface area contributed by atoms with Gasteiger partial charge in [-0.2, -0.15) is 0 Å². The predicted molar refractivity (Wildman–Crippen MR) is 81.6 cm³/mol. The van der Waals surface area contributed by atoms with Crippen LogP contribution in [0.4, 0.5) is 0 Å². The minimum Gasteiger partial charge on any atom is -0.497 e. The average molecular weight is 279 g/mol. The number of benzene rings is 1. The van der Waals surface area contributed by atoms with Crippen molar-refractivity contribution in [2.45, 2.75) is 19.4 Å². The van der Waals surface area contributed by atoms with Gasteiger partial charge in [-0.05, 0) is 19.4 Å². The summed E-state index contributed by atoms with van der Waals surface area (Å²) in [5.74, 6) is 1.63. The Bertz CT molecular complexity index is 407. The molecule has 4 heteroatoms. The summed E-state index contributed by atoms with van der Waals surface area (Å²) in [5, 5.41) is 3.42. The lowest BCUT2D eigenvalue weighted by molar-refractivity contribution is 0.138. The molecule has 1 aromatic carbocycles. The molecule has 1 N–H and O–H groups in total. The molecule has 0 fully saturated rings. The third-order valence-corrected chi connectivity index (χ3v) is 3.07. The Kier molecular flexibility index (Phi) is 7.77. The van der Waals surface area contributed by atoms with E-state index < -0.39 is 0 Å². The van der Waals surface area contributed by atoms with Crippen LogP contribution in [0.3, 0.4) is 0 Å². The summed E-state index contributed by atoms with van der Waals surface area (Å²) in [4.78, 5) is 0. The van der Waals surface area contributed by atoms with Crippen molar-refractivity contribution in [3.8, 4) is 11.5 Å². The fourth-order valence-corrected chi connectivity index (χ4v) is 1.90. The zero-order valence-corrected chi connectivity index (χ0v) is 12.6. The van der Waals surface area contributed by atoms with Crippen molar-refractivity contribution >= 4 is 0 Å². The molecule has 112 valence electrons. The number of methoxy groups -OCH3 is 2. The SMILES string of the molecule is C=CCCOCCNC(C)c1ccc(OC)cc1OC. The molecule has 0 aliphatic heterocycles. The van der Waals surface area contributed by atoms with Gasteiger partial charge in [-0.1, -0.05) is 12.1 Å². The second kappa shape index (κ2) is 9.39. The van der Waals surface area contributed by atoms with Gasteiger partial charge in [-0.3, -0.25) is 0 Å². The number of rotatable bonds is 10. The van der Waals surface area contributed by atoms with Crippen LogP contribution in [0.5, 0.6) is 11.5 Å². The minimum atomic E-state index is 0.193. The summed E-state index contributed by atoms with van der Waals surface area (Å²) in [5.41, 5.74) is 1.11. The van der Waals surface area contributed by atoms with Gasteiger partial charge in [-0.25, -0.2) is 0 Å². The Morgan fingerprint density at radius 2 is 2.05 bits per heavy atom. The van der Waals surface area contributed by atoms with E-state index in [1.54, 1.807) is 14.2 Å². The van der Waals surface area contributed by atoms with E-state index in [1.165, 1.54) is 0 Å². The molecule has 0 amide bonds. The average Bonchev–Trinajstić information content (AvgIpc) is 2.49. The van der Waals surface area contributed by atoms with Crippen LogP contribution in [-0.2, 0) is 4.74 Å².